The maximum absolute atomic E-state index is 13.5. The molecule has 170 valence electrons. The van der Waals surface area contributed by atoms with Crippen LogP contribution in [0.2, 0.25) is 5.02 Å². The summed E-state index contributed by atoms with van der Waals surface area (Å²) < 4.78 is 1.84. The third-order valence-corrected chi connectivity index (χ3v) is 8.26. The molecule has 0 unspecified atom stereocenters. The molecule has 4 aromatic rings. The summed E-state index contributed by atoms with van der Waals surface area (Å²) >= 11 is 9.40. The Bertz CT molecular complexity index is 1370. The van der Waals surface area contributed by atoms with Gasteiger partial charge < -0.3 is 5.32 Å². The predicted molar refractivity (Wildman–Crippen MR) is 135 cm³/mol. The lowest BCUT2D eigenvalue weighted by Crippen LogP contribution is -2.33. The van der Waals surface area contributed by atoms with E-state index in [1.807, 2.05) is 53.2 Å². The number of nitrogens with zero attached hydrogens (tertiary/aromatic N) is 4. The number of fused-ring (bicyclic) bond motifs is 1. The number of thiophene rings is 1. The van der Waals surface area contributed by atoms with Crippen LogP contribution >= 0.6 is 34.7 Å². The molecule has 0 spiro atoms. The average Bonchev–Trinajstić information content (AvgIpc) is 3.53. The van der Waals surface area contributed by atoms with Gasteiger partial charge in [-0.2, -0.15) is 4.98 Å². The lowest BCUT2D eigenvalue weighted by molar-refractivity contribution is -0.116. The summed E-state index contributed by atoms with van der Waals surface area (Å²) in [4.78, 5) is 23.9. The molecule has 2 aliphatic rings. The zero-order chi connectivity index (χ0) is 23.1. The summed E-state index contributed by atoms with van der Waals surface area (Å²) in [5.41, 5.74) is 3.65. The van der Waals surface area contributed by atoms with Gasteiger partial charge in [-0.15, -0.1) is 16.4 Å². The molecule has 3 aromatic heterocycles. The van der Waals surface area contributed by atoms with Gasteiger partial charge in [-0.05, 0) is 47.7 Å². The number of benzene rings is 1. The second-order valence-corrected chi connectivity index (χ2v) is 10.6. The van der Waals surface area contributed by atoms with Crippen LogP contribution in [-0.2, 0) is 10.5 Å². The summed E-state index contributed by atoms with van der Waals surface area (Å²) in [6.07, 6.45) is 3.05. The number of halogens is 1. The Hall–Kier alpha value is -2.94. The smallest absolute Gasteiger partial charge is 0.227 e. The highest BCUT2D eigenvalue weighted by atomic mass is 35.5. The highest BCUT2D eigenvalue weighted by molar-refractivity contribution is 7.98. The van der Waals surface area contributed by atoms with Gasteiger partial charge in [0.1, 0.15) is 6.04 Å². The van der Waals surface area contributed by atoms with Gasteiger partial charge in [0.25, 0.3) is 0 Å². The monoisotopic (exact) mass is 505 g/mol. The lowest BCUT2D eigenvalue weighted by Gasteiger charge is -2.34. The summed E-state index contributed by atoms with van der Waals surface area (Å²) in [5, 5.41) is 11.6. The van der Waals surface area contributed by atoms with Crippen molar-refractivity contribution in [3.63, 3.8) is 0 Å². The SMILES string of the molecule is O=C1C[C@H](c2cccs2)CC2=C1[C@@H](c1ccc(Cl)cc1)n1nc(SCc3ccccn3)nc1N2. The lowest BCUT2D eigenvalue weighted by atomic mass is 9.80. The molecule has 0 amide bonds. The Morgan fingerprint density at radius 2 is 2.00 bits per heavy atom. The minimum absolute atomic E-state index is 0.149. The number of pyridine rings is 1. The van der Waals surface area contributed by atoms with E-state index in [0.29, 0.717) is 28.3 Å². The van der Waals surface area contributed by atoms with Gasteiger partial charge in [0.05, 0.1) is 5.69 Å². The summed E-state index contributed by atoms with van der Waals surface area (Å²) in [6.45, 7) is 0. The normalized spacial score (nSPS) is 19.5. The van der Waals surface area contributed by atoms with Crippen molar-refractivity contribution in [1.29, 1.82) is 0 Å². The Balaban J connectivity index is 1.37. The van der Waals surface area contributed by atoms with Gasteiger partial charge in [-0.1, -0.05) is 47.6 Å². The quantitative estimate of drug-likeness (QED) is 0.330. The van der Waals surface area contributed by atoms with Gasteiger partial charge in [0, 0.05) is 45.5 Å². The number of hydrogen-bond donors (Lipinski definition) is 1. The van der Waals surface area contributed by atoms with Gasteiger partial charge in [-0.3, -0.25) is 9.78 Å². The number of hydrogen-bond acceptors (Lipinski definition) is 7. The number of rotatable bonds is 5. The van der Waals surface area contributed by atoms with Crippen molar-refractivity contribution in [2.24, 2.45) is 0 Å². The first kappa shape index (κ1) is 21.6. The molecule has 0 saturated heterocycles. The van der Waals surface area contributed by atoms with Crippen LogP contribution in [0, 0.1) is 0 Å². The summed E-state index contributed by atoms with van der Waals surface area (Å²) in [5.74, 6) is 1.65. The minimum Gasteiger partial charge on any atom is -0.328 e. The van der Waals surface area contributed by atoms with Crippen LogP contribution in [0.1, 0.15) is 40.9 Å². The Morgan fingerprint density at radius 1 is 1.12 bits per heavy atom. The molecule has 1 aromatic carbocycles. The number of anilines is 1. The maximum Gasteiger partial charge on any atom is 0.227 e. The highest BCUT2D eigenvalue weighted by Crippen LogP contribution is 2.45. The number of thioether (sulfide) groups is 1. The summed E-state index contributed by atoms with van der Waals surface area (Å²) in [7, 11) is 0. The molecule has 34 heavy (non-hydrogen) atoms. The Labute approximate surface area is 210 Å². The first-order chi connectivity index (χ1) is 16.7. The molecular weight excluding hydrogens is 486 g/mol. The molecule has 0 radical (unpaired) electrons. The van der Waals surface area contributed by atoms with E-state index >= 15 is 0 Å². The molecule has 1 aliphatic heterocycles. The summed E-state index contributed by atoms with van der Waals surface area (Å²) in [6, 6.07) is 17.3. The van der Waals surface area contributed by atoms with Gasteiger partial charge >= 0.3 is 0 Å². The number of carbonyl (C=O) groups excluding carboxylic acids is 1. The first-order valence-electron chi connectivity index (χ1n) is 11.0. The standard InChI is InChI=1S/C25H20ClN5OS2/c26-17-8-6-15(7-9-17)23-22-19(12-16(13-20(22)32)21-5-3-11-33-21)28-24-29-25(30-31(23)24)34-14-18-4-1-2-10-27-18/h1-11,16,23H,12-14H2,(H,28,29,30)/t16-,23-/m1/s1. The molecule has 6 rings (SSSR count). The fourth-order valence-corrected chi connectivity index (χ4v) is 6.25. The number of Topliss-reactive ketones (excluding diaryl/α,β-unsaturated/α-hetero) is 1. The van der Waals surface area contributed by atoms with E-state index in [1.165, 1.54) is 16.6 Å². The second-order valence-electron chi connectivity index (χ2n) is 8.29. The van der Waals surface area contributed by atoms with E-state index in [4.69, 9.17) is 21.7 Å². The van der Waals surface area contributed by atoms with Crippen LogP contribution in [0.5, 0.6) is 0 Å². The average molecular weight is 506 g/mol. The number of nitrogens with one attached hydrogen (secondary N) is 1. The Kier molecular flexibility index (Phi) is 5.72. The van der Waals surface area contributed by atoms with E-state index < -0.39 is 0 Å². The Morgan fingerprint density at radius 3 is 2.76 bits per heavy atom. The van der Waals surface area contributed by atoms with E-state index in [-0.39, 0.29) is 17.7 Å². The van der Waals surface area contributed by atoms with Crippen molar-refractivity contribution in [3.8, 4) is 0 Å². The fourth-order valence-electron chi connectivity index (χ4n) is 4.55. The van der Waals surface area contributed by atoms with Gasteiger partial charge in [0.15, 0.2) is 5.78 Å². The van der Waals surface area contributed by atoms with E-state index in [2.05, 4.69) is 21.7 Å². The molecule has 0 saturated carbocycles. The molecule has 1 N–H and O–H groups in total. The van der Waals surface area contributed by atoms with Crippen LogP contribution in [-0.4, -0.2) is 25.5 Å². The molecule has 2 atom stereocenters. The molecule has 9 heteroatoms. The molecular formula is C25H20ClN5OS2. The van der Waals surface area contributed by atoms with Crippen molar-refractivity contribution >= 4 is 46.4 Å². The third kappa shape index (κ3) is 4.06. The number of ketones is 1. The third-order valence-electron chi connectivity index (χ3n) is 6.11. The molecule has 1 aliphatic carbocycles. The molecule has 4 heterocycles. The number of carbonyl (C=O) groups is 1. The zero-order valence-corrected chi connectivity index (χ0v) is 20.4. The number of allylic oxidation sites excluding steroid dienone is 2. The predicted octanol–water partition coefficient (Wildman–Crippen LogP) is 6.10. The van der Waals surface area contributed by atoms with Crippen LogP contribution in [0.3, 0.4) is 0 Å². The number of aromatic nitrogens is 4. The zero-order valence-electron chi connectivity index (χ0n) is 18.0. The van der Waals surface area contributed by atoms with Crippen LogP contribution < -0.4 is 5.32 Å². The minimum atomic E-state index is -0.336. The molecule has 0 fully saturated rings. The van der Waals surface area contributed by atoms with E-state index in [0.717, 1.165) is 28.9 Å². The van der Waals surface area contributed by atoms with E-state index in [1.54, 1.807) is 17.5 Å². The van der Waals surface area contributed by atoms with Crippen LogP contribution in [0.25, 0.3) is 0 Å². The van der Waals surface area contributed by atoms with Crippen molar-refractivity contribution in [1.82, 2.24) is 19.7 Å². The molecule has 0 bridgehead atoms. The van der Waals surface area contributed by atoms with Crippen molar-refractivity contribution in [3.05, 3.63) is 98.6 Å². The largest absolute Gasteiger partial charge is 0.328 e. The van der Waals surface area contributed by atoms with Crippen molar-refractivity contribution < 1.29 is 4.79 Å². The molecule has 6 nitrogen and oxygen atoms in total. The first-order valence-corrected chi connectivity index (χ1v) is 13.2. The van der Waals surface area contributed by atoms with Crippen molar-refractivity contribution in [2.75, 3.05) is 5.32 Å². The van der Waals surface area contributed by atoms with Crippen molar-refractivity contribution in [2.45, 2.75) is 35.7 Å². The van der Waals surface area contributed by atoms with E-state index in [9.17, 15) is 4.79 Å². The van der Waals surface area contributed by atoms with Crippen LogP contribution in [0.4, 0.5) is 5.95 Å². The maximum atomic E-state index is 13.5. The van der Waals surface area contributed by atoms with Gasteiger partial charge in [0.2, 0.25) is 11.1 Å². The highest BCUT2D eigenvalue weighted by Gasteiger charge is 2.40. The second kappa shape index (κ2) is 9.02. The topological polar surface area (TPSA) is 72.7 Å². The van der Waals surface area contributed by atoms with Crippen LogP contribution in [0.15, 0.2) is 82.6 Å². The van der Waals surface area contributed by atoms with Gasteiger partial charge in [-0.25, -0.2) is 4.68 Å². The fraction of sp³-hybridized carbons (Fsp3) is 0.200.